The van der Waals surface area contributed by atoms with Crippen LogP contribution in [-0.2, 0) is 4.74 Å². The van der Waals surface area contributed by atoms with Crippen molar-refractivity contribution in [3.63, 3.8) is 0 Å². The number of aromatic nitrogens is 4. The largest absolute Gasteiger partial charge is 0.385 e. The van der Waals surface area contributed by atoms with Crippen LogP contribution in [0.1, 0.15) is 6.42 Å². The number of methoxy groups -OCH3 is 1. The van der Waals surface area contributed by atoms with Crippen molar-refractivity contribution in [2.75, 3.05) is 32.2 Å². The molecule has 0 N–H and O–H groups in total. The Hall–Kier alpha value is -1.40. The lowest BCUT2D eigenvalue weighted by atomic mass is 10.4. The van der Waals surface area contributed by atoms with Crippen molar-refractivity contribution in [1.82, 2.24) is 19.6 Å². The fraction of sp³-hybridized carbons (Fsp3) is 0.500. The van der Waals surface area contributed by atoms with Gasteiger partial charge in [-0.2, -0.15) is 19.6 Å². The summed E-state index contributed by atoms with van der Waals surface area (Å²) in [5.41, 5.74) is 0. The van der Waals surface area contributed by atoms with Gasteiger partial charge in [-0.3, -0.25) is 0 Å². The molecule has 2 rings (SSSR count). The van der Waals surface area contributed by atoms with Crippen LogP contribution >= 0.6 is 11.6 Å². The highest BCUT2D eigenvalue weighted by Crippen LogP contribution is 2.17. The molecule has 92 valence electrons. The summed E-state index contributed by atoms with van der Waals surface area (Å²) in [4.78, 5) is 10.2. The summed E-state index contributed by atoms with van der Waals surface area (Å²) in [6.45, 7) is 1.58. The average molecular weight is 256 g/mol. The maximum absolute atomic E-state index is 5.94. The van der Waals surface area contributed by atoms with E-state index in [0.29, 0.717) is 10.9 Å². The van der Waals surface area contributed by atoms with E-state index >= 15 is 0 Å². The second-order valence-electron chi connectivity index (χ2n) is 3.68. The summed E-state index contributed by atoms with van der Waals surface area (Å²) in [7, 11) is 3.67. The van der Waals surface area contributed by atoms with E-state index in [1.165, 1.54) is 6.33 Å². The molecule has 0 aliphatic rings. The molecule has 2 aromatic rings. The zero-order valence-electron chi connectivity index (χ0n) is 9.80. The van der Waals surface area contributed by atoms with Gasteiger partial charge in [0.15, 0.2) is 0 Å². The van der Waals surface area contributed by atoms with Crippen LogP contribution in [-0.4, -0.2) is 46.9 Å². The molecule has 0 saturated heterocycles. The highest BCUT2D eigenvalue weighted by atomic mass is 35.5. The number of hydrogen-bond donors (Lipinski definition) is 0. The molecule has 6 nitrogen and oxygen atoms in total. The minimum absolute atomic E-state index is 0.416. The summed E-state index contributed by atoms with van der Waals surface area (Å²) in [5, 5.41) is 4.54. The predicted octanol–water partition coefficient (Wildman–Crippen LogP) is 1.25. The minimum Gasteiger partial charge on any atom is -0.385 e. The van der Waals surface area contributed by atoms with Crippen LogP contribution in [0.2, 0.25) is 5.15 Å². The molecule has 2 aromatic heterocycles. The Balaban J connectivity index is 2.24. The molecule has 17 heavy (non-hydrogen) atoms. The lowest BCUT2D eigenvalue weighted by Gasteiger charge is -2.19. The van der Waals surface area contributed by atoms with Gasteiger partial charge in [0.05, 0.1) is 0 Å². The molecule has 0 fully saturated rings. The second kappa shape index (κ2) is 5.29. The van der Waals surface area contributed by atoms with Gasteiger partial charge in [-0.1, -0.05) is 11.6 Å². The fourth-order valence-corrected chi connectivity index (χ4v) is 1.77. The van der Waals surface area contributed by atoms with E-state index in [2.05, 4.69) is 15.1 Å². The molecular formula is C10H14ClN5O. The van der Waals surface area contributed by atoms with E-state index in [-0.39, 0.29) is 0 Å². The van der Waals surface area contributed by atoms with Crippen molar-refractivity contribution in [3.05, 3.63) is 17.5 Å². The quantitative estimate of drug-likeness (QED) is 0.595. The summed E-state index contributed by atoms with van der Waals surface area (Å²) < 4.78 is 6.69. The number of anilines is 1. The highest BCUT2D eigenvalue weighted by molar-refractivity contribution is 6.29. The van der Waals surface area contributed by atoms with E-state index in [9.17, 15) is 0 Å². The molecule has 0 saturated carbocycles. The number of ether oxygens (including phenoxy) is 1. The molecule has 0 atom stereocenters. The first-order valence-electron chi connectivity index (χ1n) is 5.28. The Bertz CT molecular complexity index is 500. The van der Waals surface area contributed by atoms with E-state index < -0.39 is 0 Å². The molecule has 0 unspecified atom stereocenters. The van der Waals surface area contributed by atoms with Gasteiger partial charge >= 0.3 is 0 Å². The van der Waals surface area contributed by atoms with Crippen LogP contribution in [0.3, 0.4) is 0 Å². The first-order chi connectivity index (χ1) is 8.22. The molecule has 0 spiro atoms. The fourth-order valence-electron chi connectivity index (χ4n) is 1.60. The summed E-state index contributed by atoms with van der Waals surface area (Å²) in [6.07, 6.45) is 2.40. The van der Waals surface area contributed by atoms with Crippen molar-refractivity contribution >= 4 is 23.2 Å². The summed E-state index contributed by atoms with van der Waals surface area (Å²) in [5.74, 6) is 1.37. The molecule has 0 aliphatic carbocycles. The SMILES string of the molecule is COCCCN(C)c1cc(Cl)nc2ncnn12. The van der Waals surface area contributed by atoms with Crippen molar-refractivity contribution < 1.29 is 4.74 Å². The molecule has 2 heterocycles. The van der Waals surface area contributed by atoms with Gasteiger partial charge in [0, 0.05) is 33.4 Å². The van der Waals surface area contributed by atoms with Crippen LogP contribution in [0, 0.1) is 0 Å². The normalized spacial score (nSPS) is 11.0. The van der Waals surface area contributed by atoms with Crippen molar-refractivity contribution in [3.8, 4) is 0 Å². The lowest BCUT2D eigenvalue weighted by Crippen LogP contribution is -2.22. The average Bonchev–Trinajstić information content (AvgIpc) is 2.75. The van der Waals surface area contributed by atoms with Gasteiger partial charge in [0.25, 0.3) is 5.78 Å². The molecule has 0 radical (unpaired) electrons. The summed E-state index contributed by atoms with van der Waals surface area (Å²) >= 11 is 5.94. The van der Waals surface area contributed by atoms with Crippen molar-refractivity contribution in [1.29, 1.82) is 0 Å². The zero-order chi connectivity index (χ0) is 12.3. The Morgan fingerprint density at radius 3 is 3.12 bits per heavy atom. The maximum Gasteiger partial charge on any atom is 0.255 e. The zero-order valence-corrected chi connectivity index (χ0v) is 10.6. The van der Waals surface area contributed by atoms with Gasteiger partial charge in [0.2, 0.25) is 0 Å². The number of fused-ring (bicyclic) bond motifs is 1. The Labute approximate surface area is 104 Å². The molecule has 0 aliphatic heterocycles. The third kappa shape index (κ3) is 2.65. The first-order valence-corrected chi connectivity index (χ1v) is 5.66. The Kier molecular flexibility index (Phi) is 3.75. The number of nitrogens with zero attached hydrogens (tertiary/aromatic N) is 5. The van der Waals surface area contributed by atoms with E-state index in [0.717, 1.165) is 25.4 Å². The van der Waals surface area contributed by atoms with Gasteiger partial charge < -0.3 is 9.64 Å². The Morgan fingerprint density at radius 1 is 1.53 bits per heavy atom. The third-order valence-corrected chi connectivity index (χ3v) is 2.63. The monoisotopic (exact) mass is 255 g/mol. The van der Waals surface area contributed by atoms with Crippen LogP contribution in [0.4, 0.5) is 5.82 Å². The molecule has 0 amide bonds. The molecule has 7 heteroatoms. The van der Waals surface area contributed by atoms with E-state index in [4.69, 9.17) is 16.3 Å². The van der Waals surface area contributed by atoms with Gasteiger partial charge in [-0.15, -0.1) is 0 Å². The van der Waals surface area contributed by atoms with Crippen molar-refractivity contribution in [2.24, 2.45) is 0 Å². The van der Waals surface area contributed by atoms with Crippen molar-refractivity contribution in [2.45, 2.75) is 6.42 Å². The number of halogens is 1. The standard InChI is InChI=1S/C10H14ClN5O/c1-15(4-3-5-17-2)9-6-8(11)14-10-12-7-13-16(9)10/h6-7H,3-5H2,1-2H3. The molecule has 0 aromatic carbocycles. The smallest absolute Gasteiger partial charge is 0.255 e. The molecule has 0 bridgehead atoms. The van der Waals surface area contributed by atoms with Gasteiger partial charge in [-0.05, 0) is 6.42 Å². The summed E-state index contributed by atoms with van der Waals surface area (Å²) in [6, 6.07) is 1.77. The number of hydrogen-bond acceptors (Lipinski definition) is 5. The Morgan fingerprint density at radius 2 is 2.35 bits per heavy atom. The number of rotatable bonds is 5. The van der Waals surface area contributed by atoms with Gasteiger partial charge in [0.1, 0.15) is 17.3 Å². The highest BCUT2D eigenvalue weighted by Gasteiger charge is 2.10. The van der Waals surface area contributed by atoms with E-state index in [1.807, 2.05) is 11.9 Å². The second-order valence-corrected chi connectivity index (χ2v) is 4.06. The van der Waals surface area contributed by atoms with E-state index in [1.54, 1.807) is 17.7 Å². The van der Waals surface area contributed by atoms with Crippen LogP contribution in [0.5, 0.6) is 0 Å². The van der Waals surface area contributed by atoms with Gasteiger partial charge in [-0.25, -0.2) is 0 Å². The van der Waals surface area contributed by atoms with Crippen LogP contribution < -0.4 is 4.90 Å². The maximum atomic E-state index is 5.94. The van der Waals surface area contributed by atoms with Crippen LogP contribution in [0.25, 0.3) is 5.78 Å². The van der Waals surface area contributed by atoms with Crippen LogP contribution in [0.15, 0.2) is 12.4 Å². The predicted molar refractivity (Wildman–Crippen MR) is 65.6 cm³/mol. The first kappa shape index (κ1) is 12.1. The topological polar surface area (TPSA) is 55.5 Å². The minimum atomic E-state index is 0.416. The molecular weight excluding hydrogens is 242 g/mol. The lowest BCUT2D eigenvalue weighted by molar-refractivity contribution is 0.196. The third-order valence-electron chi connectivity index (χ3n) is 2.43.